The molecule has 0 saturated heterocycles. The van der Waals surface area contributed by atoms with E-state index in [2.05, 4.69) is 11.4 Å². The van der Waals surface area contributed by atoms with E-state index in [0.29, 0.717) is 5.69 Å². The first-order chi connectivity index (χ1) is 12.1. The summed E-state index contributed by atoms with van der Waals surface area (Å²) in [5.74, 6) is -0.391. The van der Waals surface area contributed by atoms with E-state index in [9.17, 15) is 14.3 Å². The standard InChI is InChI=1S/C20H23FN2O2/c1-14-9-10-16(21)13-18(14)22-20(25)23(11-12-24)19-8-4-6-15-5-2-3-7-17(15)19/h2-3,5,7,9-10,13,19,24H,4,6,8,11-12H2,1H3,(H,22,25). The average molecular weight is 342 g/mol. The largest absolute Gasteiger partial charge is 0.395 e. The molecule has 2 aromatic carbocycles. The molecule has 0 aromatic heterocycles. The molecule has 1 unspecified atom stereocenters. The van der Waals surface area contributed by atoms with Crippen molar-refractivity contribution in [1.29, 1.82) is 0 Å². The number of carbonyl (C=O) groups is 1. The summed E-state index contributed by atoms with van der Waals surface area (Å²) in [6.45, 7) is 1.94. The summed E-state index contributed by atoms with van der Waals surface area (Å²) in [4.78, 5) is 14.5. The van der Waals surface area contributed by atoms with Crippen LogP contribution in [-0.2, 0) is 6.42 Å². The van der Waals surface area contributed by atoms with Crippen molar-refractivity contribution in [1.82, 2.24) is 4.90 Å². The van der Waals surface area contributed by atoms with Gasteiger partial charge in [-0.05, 0) is 55.0 Å². The zero-order chi connectivity index (χ0) is 17.8. The van der Waals surface area contributed by atoms with Crippen molar-refractivity contribution in [2.45, 2.75) is 32.2 Å². The third-order valence-electron chi connectivity index (χ3n) is 4.76. The van der Waals surface area contributed by atoms with Gasteiger partial charge < -0.3 is 15.3 Å². The number of hydrogen-bond acceptors (Lipinski definition) is 2. The van der Waals surface area contributed by atoms with Crippen molar-refractivity contribution < 1.29 is 14.3 Å². The van der Waals surface area contributed by atoms with E-state index in [1.54, 1.807) is 11.0 Å². The molecular formula is C20H23FN2O2. The summed E-state index contributed by atoms with van der Waals surface area (Å²) in [6.07, 6.45) is 2.85. The Morgan fingerprint density at radius 3 is 2.92 bits per heavy atom. The zero-order valence-electron chi connectivity index (χ0n) is 14.3. The van der Waals surface area contributed by atoms with E-state index in [-0.39, 0.29) is 25.2 Å². The number of anilines is 1. The number of aliphatic hydroxyl groups excluding tert-OH is 1. The van der Waals surface area contributed by atoms with Crippen molar-refractivity contribution >= 4 is 11.7 Å². The smallest absolute Gasteiger partial charge is 0.322 e. The molecule has 0 saturated carbocycles. The number of urea groups is 1. The molecule has 2 aromatic rings. The summed E-state index contributed by atoms with van der Waals surface area (Å²) < 4.78 is 13.5. The maximum absolute atomic E-state index is 13.5. The molecule has 1 aliphatic rings. The third kappa shape index (κ3) is 3.82. The number of amides is 2. The number of carbonyl (C=O) groups excluding carboxylic acids is 1. The topological polar surface area (TPSA) is 52.6 Å². The molecule has 3 rings (SSSR count). The minimum atomic E-state index is -0.391. The molecule has 132 valence electrons. The van der Waals surface area contributed by atoms with Crippen LogP contribution in [0, 0.1) is 12.7 Å². The van der Waals surface area contributed by atoms with Gasteiger partial charge >= 0.3 is 6.03 Å². The maximum atomic E-state index is 13.5. The van der Waals surface area contributed by atoms with E-state index in [1.165, 1.54) is 17.7 Å². The molecule has 0 bridgehead atoms. The van der Waals surface area contributed by atoms with Gasteiger partial charge in [0.15, 0.2) is 0 Å². The highest BCUT2D eigenvalue weighted by Gasteiger charge is 2.29. The van der Waals surface area contributed by atoms with Crippen molar-refractivity contribution in [2.24, 2.45) is 0 Å². The van der Waals surface area contributed by atoms with Gasteiger partial charge in [-0.15, -0.1) is 0 Å². The molecule has 25 heavy (non-hydrogen) atoms. The highest BCUT2D eigenvalue weighted by molar-refractivity contribution is 5.90. The van der Waals surface area contributed by atoms with E-state index in [4.69, 9.17) is 0 Å². The average Bonchev–Trinajstić information content (AvgIpc) is 2.62. The Morgan fingerprint density at radius 2 is 2.12 bits per heavy atom. The quantitative estimate of drug-likeness (QED) is 0.881. The number of halogens is 1. The van der Waals surface area contributed by atoms with Gasteiger partial charge in [0.25, 0.3) is 0 Å². The van der Waals surface area contributed by atoms with Crippen LogP contribution >= 0.6 is 0 Å². The van der Waals surface area contributed by atoms with Crippen LogP contribution in [0.1, 0.15) is 35.6 Å². The number of nitrogens with zero attached hydrogens (tertiary/aromatic N) is 1. The monoisotopic (exact) mass is 342 g/mol. The minimum Gasteiger partial charge on any atom is -0.395 e. The van der Waals surface area contributed by atoms with E-state index < -0.39 is 5.82 Å². The van der Waals surface area contributed by atoms with Crippen LogP contribution in [0.25, 0.3) is 0 Å². The SMILES string of the molecule is Cc1ccc(F)cc1NC(=O)N(CCO)C1CCCc2ccccc21. The molecule has 0 radical (unpaired) electrons. The molecule has 0 spiro atoms. The summed E-state index contributed by atoms with van der Waals surface area (Å²) in [5, 5.41) is 12.2. The number of hydrogen-bond donors (Lipinski definition) is 2. The minimum absolute atomic E-state index is 0.0778. The van der Waals surface area contributed by atoms with E-state index in [0.717, 1.165) is 30.4 Å². The molecular weight excluding hydrogens is 319 g/mol. The van der Waals surface area contributed by atoms with Gasteiger partial charge in [-0.1, -0.05) is 30.3 Å². The van der Waals surface area contributed by atoms with Gasteiger partial charge in [0.1, 0.15) is 5.82 Å². The number of aliphatic hydroxyl groups is 1. The van der Waals surface area contributed by atoms with Crippen LogP contribution in [0.3, 0.4) is 0 Å². The molecule has 4 nitrogen and oxygen atoms in total. The Labute approximate surface area is 147 Å². The number of rotatable bonds is 4. The number of benzene rings is 2. The van der Waals surface area contributed by atoms with E-state index >= 15 is 0 Å². The molecule has 2 amide bonds. The molecule has 0 heterocycles. The lowest BCUT2D eigenvalue weighted by molar-refractivity contribution is 0.155. The van der Waals surface area contributed by atoms with Crippen LogP contribution < -0.4 is 5.32 Å². The number of fused-ring (bicyclic) bond motifs is 1. The van der Waals surface area contributed by atoms with Crippen molar-refractivity contribution in [3.63, 3.8) is 0 Å². The van der Waals surface area contributed by atoms with Crippen molar-refractivity contribution in [2.75, 3.05) is 18.5 Å². The first-order valence-electron chi connectivity index (χ1n) is 8.62. The molecule has 0 aliphatic heterocycles. The van der Waals surface area contributed by atoms with Crippen LogP contribution in [0.2, 0.25) is 0 Å². The highest BCUT2D eigenvalue weighted by atomic mass is 19.1. The second-order valence-corrected chi connectivity index (χ2v) is 6.41. The third-order valence-corrected chi connectivity index (χ3v) is 4.76. The first-order valence-corrected chi connectivity index (χ1v) is 8.62. The van der Waals surface area contributed by atoms with Gasteiger partial charge in [-0.2, -0.15) is 0 Å². The molecule has 0 fully saturated rings. The van der Waals surface area contributed by atoms with Crippen LogP contribution in [0.4, 0.5) is 14.9 Å². The van der Waals surface area contributed by atoms with Crippen LogP contribution in [0.15, 0.2) is 42.5 Å². The summed E-state index contributed by atoms with van der Waals surface area (Å²) in [7, 11) is 0. The molecule has 1 atom stereocenters. The van der Waals surface area contributed by atoms with Gasteiger partial charge in [0.05, 0.1) is 12.6 Å². The van der Waals surface area contributed by atoms with Gasteiger partial charge in [0.2, 0.25) is 0 Å². The lowest BCUT2D eigenvalue weighted by Gasteiger charge is -2.35. The van der Waals surface area contributed by atoms with Gasteiger partial charge in [-0.25, -0.2) is 9.18 Å². The van der Waals surface area contributed by atoms with E-state index in [1.807, 2.05) is 25.1 Å². The van der Waals surface area contributed by atoms with Gasteiger partial charge in [0, 0.05) is 12.2 Å². The van der Waals surface area contributed by atoms with Crippen molar-refractivity contribution in [3.8, 4) is 0 Å². The fourth-order valence-electron chi connectivity index (χ4n) is 3.47. The zero-order valence-corrected chi connectivity index (χ0v) is 14.3. The molecule has 2 N–H and O–H groups in total. The fraction of sp³-hybridized carbons (Fsp3) is 0.350. The second-order valence-electron chi connectivity index (χ2n) is 6.41. The Bertz CT molecular complexity index is 763. The first kappa shape index (κ1) is 17.4. The number of nitrogens with one attached hydrogen (secondary N) is 1. The maximum Gasteiger partial charge on any atom is 0.322 e. The summed E-state index contributed by atoms with van der Waals surface area (Å²) in [5.41, 5.74) is 3.63. The number of aryl methyl sites for hydroxylation is 2. The fourth-order valence-corrected chi connectivity index (χ4v) is 3.47. The summed E-state index contributed by atoms with van der Waals surface area (Å²) in [6, 6.07) is 12.0. The predicted octanol–water partition coefficient (Wildman–Crippen LogP) is 4.04. The Hall–Kier alpha value is -2.40. The Kier molecular flexibility index (Phi) is 5.34. The predicted molar refractivity (Wildman–Crippen MR) is 96.1 cm³/mol. The highest BCUT2D eigenvalue weighted by Crippen LogP contribution is 2.34. The van der Waals surface area contributed by atoms with Crippen molar-refractivity contribution in [3.05, 3.63) is 65.0 Å². The van der Waals surface area contributed by atoms with Crippen LogP contribution in [-0.4, -0.2) is 29.2 Å². The lowest BCUT2D eigenvalue weighted by atomic mass is 9.87. The van der Waals surface area contributed by atoms with Crippen LogP contribution in [0.5, 0.6) is 0 Å². The molecule has 1 aliphatic carbocycles. The lowest BCUT2D eigenvalue weighted by Crippen LogP contribution is -2.41. The van der Waals surface area contributed by atoms with Gasteiger partial charge in [-0.3, -0.25) is 0 Å². The summed E-state index contributed by atoms with van der Waals surface area (Å²) >= 11 is 0. The Morgan fingerprint density at radius 1 is 1.32 bits per heavy atom. The second kappa shape index (κ2) is 7.66. The Balaban J connectivity index is 1.86. The molecule has 5 heteroatoms. The normalized spacial score (nSPS) is 16.2.